The van der Waals surface area contributed by atoms with Crippen molar-refractivity contribution in [2.75, 3.05) is 6.61 Å². The number of amides is 1. The van der Waals surface area contributed by atoms with E-state index in [1.54, 1.807) is 6.92 Å². The van der Waals surface area contributed by atoms with Crippen LogP contribution < -0.4 is 10.1 Å². The van der Waals surface area contributed by atoms with Crippen LogP contribution in [0.25, 0.3) is 0 Å². The van der Waals surface area contributed by atoms with Crippen LogP contribution in [0.3, 0.4) is 0 Å². The van der Waals surface area contributed by atoms with Crippen LogP contribution in [0.1, 0.15) is 25.3 Å². The van der Waals surface area contributed by atoms with Gasteiger partial charge in [0.15, 0.2) is 6.61 Å². The van der Waals surface area contributed by atoms with E-state index < -0.39 is 29.8 Å². The first-order valence-electron chi connectivity index (χ1n) is 6.77. The van der Waals surface area contributed by atoms with E-state index in [1.807, 2.05) is 0 Å². The Labute approximate surface area is 125 Å². The molecule has 0 heterocycles. The van der Waals surface area contributed by atoms with Gasteiger partial charge in [-0.3, -0.25) is 4.79 Å². The number of halogens is 3. The lowest BCUT2D eigenvalue weighted by molar-refractivity contribution is -0.137. The van der Waals surface area contributed by atoms with Gasteiger partial charge in [0, 0.05) is 0 Å². The van der Waals surface area contributed by atoms with E-state index in [2.05, 4.69) is 11.4 Å². The van der Waals surface area contributed by atoms with Crippen molar-refractivity contribution < 1.29 is 22.7 Å². The third-order valence-electron chi connectivity index (χ3n) is 3.56. The maximum atomic E-state index is 12.6. The lowest BCUT2D eigenvalue weighted by Crippen LogP contribution is -2.48. The van der Waals surface area contributed by atoms with Gasteiger partial charge < -0.3 is 10.1 Å². The van der Waals surface area contributed by atoms with Crippen LogP contribution in [-0.2, 0) is 11.0 Å². The largest absolute Gasteiger partial charge is 0.484 e. The standard InChI is InChI=1S/C15H15F3N2O2/c1-14(9-19,10-5-6-10)20-13(21)8-22-12-4-2-3-11(7-12)15(16,17)18/h2-4,7,10H,5-6,8H2,1H3,(H,20,21)/t14-/m1/s1. The highest BCUT2D eigenvalue weighted by Crippen LogP contribution is 2.39. The van der Waals surface area contributed by atoms with Crippen molar-refractivity contribution in [2.24, 2.45) is 5.92 Å². The Morgan fingerprint density at radius 1 is 1.45 bits per heavy atom. The van der Waals surface area contributed by atoms with Gasteiger partial charge in [0.25, 0.3) is 5.91 Å². The summed E-state index contributed by atoms with van der Waals surface area (Å²) >= 11 is 0. The molecule has 0 bridgehead atoms. The lowest BCUT2D eigenvalue weighted by atomic mass is 9.98. The second-order valence-corrected chi connectivity index (χ2v) is 5.45. The molecule has 0 radical (unpaired) electrons. The highest BCUT2D eigenvalue weighted by molar-refractivity contribution is 5.79. The van der Waals surface area contributed by atoms with Crippen LogP contribution in [0.4, 0.5) is 13.2 Å². The summed E-state index contributed by atoms with van der Waals surface area (Å²) in [5, 5.41) is 11.7. The molecule has 1 amide bonds. The van der Waals surface area contributed by atoms with E-state index in [0.29, 0.717) is 0 Å². The molecule has 1 aliphatic carbocycles. The number of hydrogen-bond donors (Lipinski definition) is 1. The van der Waals surface area contributed by atoms with Crippen molar-refractivity contribution >= 4 is 5.91 Å². The Morgan fingerprint density at radius 3 is 2.68 bits per heavy atom. The SMILES string of the molecule is C[C@](C#N)(NC(=O)COc1cccc(C(F)(F)F)c1)C1CC1. The highest BCUT2D eigenvalue weighted by atomic mass is 19.4. The average Bonchev–Trinajstić information content (AvgIpc) is 3.29. The number of nitriles is 1. The smallest absolute Gasteiger partial charge is 0.416 e. The number of ether oxygens (including phenoxy) is 1. The maximum absolute atomic E-state index is 12.6. The molecule has 0 aromatic heterocycles. The highest BCUT2D eigenvalue weighted by Gasteiger charge is 2.43. The number of carbonyl (C=O) groups is 1. The first-order chi connectivity index (χ1) is 10.2. The van der Waals surface area contributed by atoms with Gasteiger partial charge >= 0.3 is 6.18 Å². The van der Waals surface area contributed by atoms with Crippen LogP contribution in [0, 0.1) is 17.2 Å². The molecule has 7 heteroatoms. The maximum Gasteiger partial charge on any atom is 0.416 e. The number of carbonyl (C=O) groups excluding carboxylic acids is 1. The van der Waals surface area contributed by atoms with Crippen molar-refractivity contribution in [3.63, 3.8) is 0 Å². The fourth-order valence-electron chi connectivity index (χ4n) is 2.12. The Bertz CT molecular complexity index is 606. The topological polar surface area (TPSA) is 62.1 Å². The van der Waals surface area contributed by atoms with Crippen LogP contribution in [0.5, 0.6) is 5.75 Å². The van der Waals surface area contributed by atoms with Crippen LogP contribution in [0.15, 0.2) is 24.3 Å². The number of benzene rings is 1. The summed E-state index contributed by atoms with van der Waals surface area (Å²) in [5.41, 5.74) is -1.79. The van der Waals surface area contributed by atoms with Gasteiger partial charge in [0.2, 0.25) is 0 Å². The summed E-state index contributed by atoms with van der Waals surface area (Å²) in [7, 11) is 0. The van der Waals surface area contributed by atoms with Gasteiger partial charge in [-0.25, -0.2) is 0 Å². The lowest BCUT2D eigenvalue weighted by Gasteiger charge is -2.22. The molecule has 2 rings (SSSR count). The van der Waals surface area contributed by atoms with E-state index in [4.69, 9.17) is 10.00 Å². The van der Waals surface area contributed by atoms with Gasteiger partial charge in [-0.05, 0) is 43.9 Å². The normalized spacial score (nSPS) is 17.2. The minimum Gasteiger partial charge on any atom is -0.484 e. The third kappa shape index (κ3) is 3.91. The van der Waals surface area contributed by atoms with Gasteiger partial charge in [-0.1, -0.05) is 6.07 Å². The molecule has 0 spiro atoms. The second kappa shape index (κ2) is 5.87. The number of rotatable bonds is 5. The van der Waals surface area contributed by atoms with Gasteiger partial charge in [-0.15, -0.1) is 0 Å². The van der Waals surface area contributed by atoms with E-state index in [-0.39, 0.29) is 11.7 Å². The summed E-state index contributed by atoms with van der Waals surface area (Å²) in [4.78, 5) is 11.8. The average molecular weight is 312 g/mol. The summed E-state index contributed by atoms with van der Waals surface area (Å²) < 4.78 is 42.8. The monoisotopic (exact) mass is 312 g/mol. The molecule has 1 aromatic carbocycles. The van der Waals surface area contributed by atoms with E-state index in [9.17, 15) is 18.0 Å². The minimum atomic E-state index is -4.47. The molecule has 1 aliphatic rings. The second-order valence-electron chi connectivity index (χ2n) is 5.45. The van der Waals surface area contributed by atoms with Crippen LogP contribution >= 0.6 is 0 Å². The van der Waals surface area contributed by atoms with Crippen molar-refractivity contribution in [3.8, 4) is 11.8 Å². The zero-order chi connectivity index (χ0) is 16.4. The molecular weight excluding hydrogens is 297 g/mol. The van der Waals surface area contributed by atoms with Gasteiger partial charge in [-0.2, -0.15) is 18.4 Å². The van der Waals surface area contributed by atoms with Crippen molar-refractivity contribution in [3.05, 3.63) is 29.8 Å². The fraction of sp³-hybridized carbons (Fsp3) is 0.467. The molecule has 1 atom stereocenters. The van der Waals surface area contributed by atoms with E-state index in [1.165, 1.54) is 12.1 Å². The third-order valence-corrected chi connectivity index (χ3v) is 3.56. The molecule has 1 saturated carbocycles. The zero-order valence-corrected chi connectivity index (χ0v) is 11.9. The van der Waals surface area contributed by atoms with Crippen molar-refractivity contribution in [1.29, 1.82) is 5.26 Å². The molecule has 0 saturated heterocycles. The molecule has 1 N–H and O–H groups in total. The summed E-state index contributed by atoms with van der Waals surface area (Å²) in [5.74, 6) is -0.460. The Hall–Kier alpha value is -2.23. The quantitative estimate of drug-likeness (QED) is 0.909. The fourth-order valence-corrected chi connectivity index (χ4v) is 2.12. The van der Waals surface area contributed by atoms with Gasteiger partial charge in [0.1, 0.15) is 11.3 Å². The molecule has 1 aromatic rings. The Balaban J connectivity index is 1.93. The predicted octanol–water partition coefficient (Wildman–Crippen LogP) is 2.89. The first kappa shape index (κ1) is 16.1. The molecular formula is C15H15F3N2O2. The first-order valence-corrected chi connectivity index (χ1v) is 6.77. The molecule has 1 fully saturated rings. The van der Waals surface area contributed by atoms with Crippen molar-refractivity contribution in [2.45, 2.75) is 31.5 Å². The zero-order valence-electron chi connectivity index (χ0n) is 11.9. The molecule has 118 valence electrons. The number of alkyl halides is 3. The van der Waals surface area contributed by atoms with E-state index >= 15 is 0 Å². The number of hydrogen-bond acceptors (Lipinski definition) is 3. The van der Waals surface area contributed by atoms with Crippen LogP contribution in [0.2, 0.25) is 0 Å². The number of nitrogens with one attached hydrogen (secondary N) is 1. The predicted molar refractivity (Wildman–Crippen MR) is 71.8 cm³/mol. The molecule has 0 unspecified atom stereocenters. The summed E-state index contributed by atoms with van der Waals surface area (Å²) in [6.07, 6.45) is -2.72. The van der Waals surface area contributed by atoms with Crippen molar-refractivity contribution in [1.82, 2.24) is 5.32 Å². The minimum absolute atomic E-state index is 0.0462. The summed E-state index contributed by atoms with van der Waals surface area (Å²) in [6.45, 7) is 1.19. The Morgan fingerprint density at radius 2 is 2.14 bits per heavy atom. The molecule has 22 heavy (non-hydrogen) atoms. The molecule has 4 nitrogen and oxygen atoms in total. The number of nitrogens with zero attached hydrogens (tertiary/aromatic N) is 1. The van der Waals surface area contributed by atoms with E-state index in [0.717, 1.165) is 25.0 Å². The summed E-state index contributed by atoms with van der Waals surface area (Å²) in [6, 6.07) is 6.36. The van der Waals surface area contributed by atoms with Crippen LogP contribution in [-0.4, -0.2) is 18.1 Å². The van der Waals surface area contributed by atoms with Gasteiger partial charge in [0.05, 0.1) is 11.6 Å². The Kier molecular flexibility index (Phi) is 4.31. The molecule has 0 aliphatic heterocycles.